The molecule has 8 nitrogen and oxygen atoms in total. The van der Waals surface area contributed by atoms with E-state index in [1.165, 1.54) is 45.3 Å². The summed E-state index contributed by atoms with van der Waals surface area (Å²) in [5.74, 6) is -2.20. The Morgan fingerprint density at radius 1 is 1.15 bits per heavy atom. The molecule has 1 aromatic rings. The summed E-state index contributed by atoms with van der Waals surface area (Å²) in [7, 11) is 4.12. The number of hydrogen-bond acceptors (Lipinski definition) is 7. The second-order valence-corrected chi connectivity index (χ2v) is 5.69. The third-order valence-electron chi connectivity index (χ3n) is 4.20. The second kappa shape index (κ2) is 8.11. The summed E-state index contributed by atoms with van der Waals surface area (Å²) in [5.41, 5.74) is 0.884. The molecule has 0 spiro atoms. The van der Waals surface area contributed by atoms with Crippen LogP contribution < -0.4 is 0 Å². The molecule has 1 aromatic carbocycles. The van der Waals surface area contributed by atoms with Crippen molar-refractivity contribution < 1.29 is 33.7 Å². The van der Waals surface area contributed by atoms with E-state index in [1.54, 1.807) is 12.1 Å². The molecule has 1 aliphatic heterocycles. The van der Waals surface area contributed by atoms with Crippen molar-refractivity contribution in [1.29, 1.82) is 0 Å². The average Bonchev–Trinajstić information content (AvgIpc) is 2.90. The number of esters is 1. The number of Topliss-reactive ketones (excluding diaryl/α,β-unsaturated/α-hetero) is 1. The van der Waals surface area contributed by atoms with Crippen molar-refractivity contribution >= 4 is 17.7 Å². The van der Waals surface area contributed by atoms with Crippen LogP contribution in [0.25, 0.3) is 0 Å². The predicted octanol–water partition coefficient (Wildman–Crippen LogP) is 1.38. The first kappa shape index (κ1) is 19.6. The van der Waals surface area contributed by atoms with Crippen molar-refractivity contribution in [3.63, 3.8) is 0 Å². The zero-order valence-corrected chi connectivity index (χ0v) is 15.0. The molecule has 0 bridgehead atoms. The lowest BCUT2D eigenvalue weighted by molar-refractivity contribution is -0.144. The second-order valence-electron chi connectivity index (χ2n) is 5.69. The van der Waals surface area contributed by atoms with Crippen LogP contribution in [0.4, 0.5) is 0 Å². The van der Waals surface area contributed by atoms with Crippen LogP contribution in [0, 0.1) is 0 Å². The number of methoxy groups -OCH3 is 3. The maximum absolute atomic E-state index is 12.5. The monoisotopic (exact) mass is 363 g/mol. The Balaban J connectivity index is 2.45. The standard InChI is InChI=1S/C18H21NO7/c1-10(20)14-15(11-5-7-12(8-6-11)18(23)26-4)19(17(22)16(14)21)9-13(24-2)25-3/h5-8,13,15,21H,9H2,1-4H3/t15-/m1/s1. The van der Waals surface area contributed by atoms with Crippen molar-refractivity contribution in [2.24, 2.45) is 0 Å². The van der Waals surface area contributed by atoms with E-state index >= 15 is 0 Å². The first-order chi connectivity index (χ1) is 12.3. The molecule has 1 N–H and O–H groups in total. The van der Waals surface area contributed by atoms with Crippen LogP contribution in [0.5, 0.6) is 0 Å². The molecule has 0 saturated heterocycles. The fraction of sp³-hybridized carbons (Fsp3) is 0.389. The van der Waals surface area contributed by atoms with E-state index in [0.717, 1.165) is 0 Å². The van der Waals surface area contributed by atoms with Crippen molar-refractivity contribution in [3.05, 3.63) is 46.7 Å². The number of hydrogen-bond donors (Lipinski definition) is 1. The Bertz CT molecular complexity index is 734. The fourth-order valence-corrected chi connectivity index (χ4v) is 2.87. The van der Waals surface area contributed by atoms with Gasteiger partial charge in [0.2, 0.25) is 0 Å². The van der Waals surface area contributed by atoms with Gasteiger partial charge in [0.25, 0.3) is 5.91 Å². The highest BCUT2D eigenvalue weighted by Gasteiger charge is 2.43. The predicted molar refractivity (Wildman–Crippen MR) is 90.4 cm³/mol. The number of aliphatic hydroxyl groups is 1. The van der Waals surface area contributed by atoms with Crippen molar-refractivity contribution in [3.8, 4) is 0 Å². The largest absolute Gasteiger partial charge is 0.503 e. The molecule has 8 heteroatoms. The summed E-state index contributed by atoms with van der Waals surface area (Å²) < 4.78 is 14.9. The van der Waals surface area contributed by atoms with Gasteiger partial charge in [-0.2, -0.15) is 0 Å². The molecule has 0 radical (unpaired) electrons. The van der Waals surface area contributed by atoms with Crippen LogP contribution in [-0.4, -0.2) is 61.8 Å². The van der Waals surface area contributed by atoms with Crippen LogP contribution in [-0.2, 0) is 23.8 Å². The number of benzene rings is 1. The van der Waals surface area contributed by atoms with Crippen LogP contribution in [0.2, 0.25) is 0 Å². The zero-order chi connectivity index (χ0) is 19.4. The van der Waals surface area contributed by atoms with E-state index in [-0.39, 0.29) is 12.1 Å². The van der Waals surface area contributed by atoms with Gasteiger partial charge in [-0.15, -0.1) is 0 Å². The fourth-order valence-electron chi connectivity index (χ4n) is 2.87. The van der Waals surface area contributed by atoms with Gasteiger partial charge in [0.15, 0.2) is 17.8 Å². The Hall–Kier alpha value is -2.71. The summed E-state index contributed by atoms with van der Waals surface area (Å²) in [4.78, 5) is 37.4. The number of carbonyl (C=O) groups excluding carboxylic acids is 3. The third kappa shape index (κ3) is 3.61. The summed E-state index contributed by atoms with van der Waals surface area (Å²) in [6, 6.07) is 5.46. The molecule has 1 heterocycles. The minimum Gasteiger partial charge on any atom is -0.503 e. The average molecular weight is 363 g/mol. The van der Waals surface area contributed by atoms with Gasteiger partial charge >= 0.3 is 5.97 Å². The molecule has 0 unspecified atom stereocenters. The summed E-state index contributed by atoms with van der Waals surface area (Å²) in [5, 5.41) is 10.2. The van der Waals surface area contributed by atoms with Crippen LogP contribution >= 0.6 is 0 Å². The highest BCUT2D eigenvalue weighted by atomic mass is 16.7. The number of nitrogens with zero attached hydrogens (tertiary/aromatic N) is 1. The maximum Gasteiger partial charge on any atom is 0.337 e. The number of ketones is 1. The van der Waals surface area contributed by atoms with Crippen LogP contribution in [0.15, 0.2) is 35.6 Å². The molecule has 1 amide bonds. The van der Waals surface area contributed by atoms with Gasteiger partial charge < -0.3 is 24.2 Å². The summed E-state index contributed by atoms with van der Waals surface area (Å²) >= 11 is 0. The molecule has 26 heavy (non-hydrogen) atoms. The van der Waals surface area contributed by atoms with Gasteiger partial charge in [-0.05, 0) is 24.6 Å². The van der Waals surface area contributed by atoms with Crippen LogP contribution in [0.1, 0.15) is 28.9 Å². The normalized spacial score (nSPS) is 17.2. The van der Waals surface area contributed by atoms with Gasteiger partial charge in [0, 0.05) is 14.2 Å². The molecule has 140 valence electrons. The summed E-state index contributed by atoms with van der Waals surface area (Å²) in [6.45, 7) is 1.29. The minimum absolute atomic E-state index is 0.00762. The Morgan fingerprint density at radius 2 is 1.73 bits per heavy atom. The molecule has 0 aromatic heterocycles. The van der Waals surface area contributed by atoms with Gasteiger partial charge in [-0.3, -0.25) is 9.59 Å². The molecule has 1 aliphatic rings. The Labute approximate surface area is 150 Å². The Morgan fingerprint density at radius 3 is 2.19 bits per heavy atom. The number of carbonyl (C=O) groups is 3. The number of ether oxygens (including phenoxy) is 3. The lowest BCUT2D eigenvalue weighted by atomic mass is 9.96. The number of amides is 1. The first-order valence-electron chi connectivity index (χ1n) is 7.84. The molecule has 1 atom stereocenters. The molecule has 2 rings (SSSR count). The Kier molecular flexibility index (Phi) is 6.12. The molecular weight excluding hydrogens is 342 g/mol. The third-order valence-corrected chi connectivity index (χ3v) is 4.20. The highest BCUT2D eigenvalue weighted by Crippen LogP contribution is 2.37. The van der Waals surface area contributed by atoms with Gasteiger partial charge in [-0.25, -0.2) is 4.79 Å². The van der Waals surface area contributed by atoms with Gasteiger partial charge in [-0.1, -0.05) is 12.1 Å². The smallest absolute Gasteiger partial charge is 0.337 e. The molecule has 0 saturated carbocycles. The lowest BCUT2D eigenvalue weighted by Gasteiger charge is -2.29. The van der Waals surface area contributed by atoms with Gasteiger partial charge in [0.1, 0.15) is 0 Å². The maximum atomic E-state index is 12.5. The quantitative estimate of drug-likeness (QED) is 0.577. The van der Waals surface area contributed by atoms with Crippen molar-refractivity contribution in [1.82, 2.24) is 4.90 Å². The highest BCUT2D eigenvalue weighted by molar-refractivity contribution is 6.08. The lowest BCUT2D eigenvalue weighted by Crippen LogP contribution is -2.38. The van der Waals surface area contributed by atoms with Gasteiger partial charge in [0.05, 0.1) is 30.8 Å². The van der Waals surface area contributed by atoms with Crippen molar-refractivity contribution in [2.45, 2.75) is 19.3 Å². The van der Waals surface area contributed by atoms with E-state index < -0.39 is 35.8 Å². The van der Waals surface area contributed by atoms with Crippen LogP contribution in [0.3, 0.4) is 0 Å². The van der Waals surface area contributed by atoms with E-state index in [1.807, 2.05) is 0 Å². The molecule has 0 fully saturated rings. The van der Waals surface area contributed by atoms with Crippen molar-refractivity contribution in [2.75, 3.05) is 27.9 Å². The number of aliphatic hydroxyl groups excluding tert-OH is 1. The topological polar surface area (TPSA) is 102 Å². The van der Waals surface area contributed by atoms with E-state index in [0.29, 0.717) is 11.1 Å². The molecular formula is C18H21NO7. The molecule has 0 aliphatic carbocycles. The zero-order valence-electron chi connectivity index (χ0n) is 15.0. The minimum atomic E-state index is -0.806. The van der Waals surface area contributed by atoms with E-state index in [4.69, 9.17) is 9.47 Å². The SMILES string of the molecule is COC(=O)c1ccc([C@@H]2C(C(C)=O)=C(O)C(=O)N2CC(OC)OC)cc1. The summed E-state index contributed by atoms with van der Waals surface area (Å²) in [6.07, 6.45) is -0.727. The van der Waals surface area contributed by atoms with E-state index in [2.05, 4.69) is 4.74 Å². The first-order valence-corrected chi connectivity index (χ1v) is 7.84. The number of rotatable bonds is 7. The van der Waals surface area contributed by atoms with E-state index in [9.17, 15) is 19.5 Å².